The number of carbonyl (C=O) groups is 2. The van der Waals surface area contributed by atoms with Crippen LogP contribution in [0.25, 0.3) is 22.4 Å². The highest BCUT2D eigenvalue weighted by atomic mass is 35.5. The first-order valence-corrected chi connectivity index (χ1v) is 13.5. The van der Waals surface area contributed by atoms with Crippen molar-refractivity contribution in [2.24, 2.45) is 0 Å². The third kappa shape index (κ3) is 5.10. The Kier molecular flexibility index (Phi) is 7.74. The molecule has 0 bridgehead atoms. The van der Waals surface area contributed by atoms with Crippen LogP contribution in [-0.2, 0) is 21.4 Å². The monoisotopic (exact) mass is 605 g/mol. The minimum atomic E-state index is -4.96. The van der Waals surface area contributed by atoms with E-state index in [0.717, 1.165) is 49.6 Å². The Labute approximate surface area is 242 Å². The molecular weight excluding hydrogens is 581 g/mol. The van der Waals surface area contributed by atoms with Crippen molar-refractivity contribution in [2.75, 3.05) is 12.0 Å². The summed E-state index contributed by atoms with van der Waals surface area (Å²) in [6.45, 7) is 1.14. The molecule has 4 aromatic rings. The number of carbonyl (C=O) groups excluding carboxylic acids is 2. The molecule has 1 heterocycles. The lowest BCUT2D eigenvalue weighted by atomic mass is 9.85. The maximum atomic E-state index is 14.7. The van der Waals surface area contributed by atoms with Gasteiger partial charge in [0.2, 0.25) is 5.91 Å². The summed E-state index contributed by atoms with van der Waals surface area (Å²) in [4.78, 5) is 31.3. The van der Waals surface area contributed by atoms with Crippen LogP contribution in [0.3, 0.4) is 0 Å². The standard InChI is InChI=1S/C30H25ClF5N3O3/c1-17(40)38(25-11-8-19(28(41)42-2)14-21(25)30(34,35)36)29(12-4-3-5-13-29)39-26-16-23(33)22(32)15-24(26)37-27(39)18-6-9-20(31)10-7-18/h6-11,14-16H,3-5,12-13H2,1-2H3. The zero-order valence-electron chi connectivity index (χ0n) is 22.6. The average molecular weight is 606 g/mol. The molecule has 1 fully saturated rings. The first-order valence-electron chi connectivity index (χ1n) is 13.1. The number of fused-ring (bicyclic) bond motifs is 1. The number of ether oxygens (including phenoxy) is 1. The summed E-state index contributed by atoms with van der Waals surface area (Å²) in [6, 6.07) is 11.2. The van der Waals surface area contributed by atoms with Crippen LogP contribution in [0.5, 0.6) is 0 Å². The Morgan fingerprint density at radius 2 is 1.62 bits per heavy atom. The summed E-state index contributed by atoms with van der Waals surface area (Å²) in [5, 5.41) is 0.414. The molecule has 1 aromatic heterocycles. The Hall–Kier alpha value is -3.99. The number of esters is 1. The number of amides is 1. The van der Waals surface area contributed by atoms with Gasteiger partial charge in [0, 0.05) is 29.6 Å². The summed E-state index contributed by atoms with van der Waals surface area (Å²) >= 11 is 6.09. The van der Waals surface area contributed by atoms with E-state index in [1.54, 1.807) is 28.8 Å². The number of anilines is 1. The second-order valence-corrected chi connectivity index (χ2v) is 10.6. The average Bonchev–Trinajstić information content (AvgIpc) is 3.31. The molecule has 0 spiro atoms. The van der Waals surface area contributed by atoms with Gasteiger partial charge >= 0.3 is 12.1 Å². The SMILES string of the molecule is COC(=O)c1ccc(N(C(C)=O)C2(n3c(-c4ccc(Cl)cc4)nc4cc(F)c(F)cc43)CCCCC2)c(C(F)(F)F)c1. The molecular formula is C30H25ClF5N3O3. The fraction of sp³-hybridized carbons (Fsp3) is 0.300. The van der Waals surface area contributed by atoms with E-state index in [-0.39, 0.29) is 35.3 Å². The van der Waals surface area contributed by atoms with E-state index in [9.17, 15) is 31.5 Å². The van der Waals surface area contributed by atoms with E-state index in [1.165, 1.54) is 0 Å². The molecule has 1 aliphatic carbocycles. The highest BCUT2D eigenvalue weighted by Gasteiger charge is 2.48. The summed E-state index contributed by atoms with van der Waals surface area (Å²) in [6.07, 6.45) is -2.80. The molecule has 0 radical (unpaired) electrons. The smallest absolute Gasteiger partial charge is 0.418 e. The number of imidazole rings is 1. The fourth-order valence-corrected chi connectivity index (χ4v) is 5.97. The van der Waals surface area contributed by atoms with Crippen molar-refractivity contribution in [3.05, 3.63) is 82.4 Å². The molecule has 220 valence electrons. The van der Waals surface area contributed by atoms with Crippen molar-refractivity contribution in [1.29, 1.82) is 0 Å². The second kappa shape index (κ2) is 11.0. The van der Waals surface area contributed by atoms with E-state index < -0.39 is 46.6 Å². The van der Waals surface area contributed by atoms with Crippen LogP contribution in [0.15, 0.2) is 54.6 Å². The van der Waals surface area contributed by atoms with Crippen LogP contribution >= 0.6 is 11.6 Å². The number of hydrogen-bond donors (Lipinski definition) is 0. The summed E-state index contributed by atoms with van der Waals surface area (Å²) in [7, 11) is 1.05. The highest BCUT2D eigenvalue weighted by molar-refractivity contribution is 6.30. The molecule has 3 aromatic carbocycles. The zero-order valence-corrected chi connectivity index (χ0v) is 23.3. The van der Waals surface area contributed by atoms with Gasteiger partial charge in [0.25, 0.3) is 0 Å². The van der Waals surface area contributed by atoms with Crippen molar-refractivity contribution < 1.29 is 36.3 Å². The summed E-state index contributed by atoms with van der Waals surface area (Å²) in [5.41, 5.74) is -2.93. The first kappa shape index (κ1) is 29.5. The minimum absolute atomic E-state index is 0.0596. The van der Waals surface area contributed by atoms with Crippen molar-refractivity contribution in [2.45, 2.75) is 50.9 Å². The molecule has 0 N–H and O–H groups in total. The topological polar surface area (TPSA) is 64.4 Å². The number of alkyl halides is 3. The van der Waals surface area contributed by atoms with E-state index in [0.29, 0.717) is 29.5 Å². The van der Waals surface area contributed by atoms with Gasteiger partial charge < -0.3 is 4.74 Å². The maximum absolute atomic E-state index is 14.7. The predicted octanol–water partition coefficient (Wildman–Crippen LogP) is 8.11. The molecule has 0 aliphatic heterocycles. The maximum Gasteiger partial charge on any atom is 0.418 e. The van der Waals surface area contributed by atoms with E-state index >= 15 is 0 Å². The van der Waals surface area contributed by atoms with Gasteiger partial charge in [0.1, 0.15) is 11.5 Å². The van der Waals surface area contributed by atoms with Crippen molar-refractivity contribution in [3.8, 4) is 11.4 Å². The quantitative estimate of drug-likeness (QED) is 0.170. The lowest BCUT2D eigenvalue weighted by molar-refractivity contribution is -0.137. The van der Waals surface area contributed by atoms with Gasteiger partial charge in [0.15, 0.2) is 11.6 Å². The number of rotatable bonds is 5. The largest absolute Gasteiger partial charge is 0.465 e. The van der Waals surface area contributed by atoms with Gasteiger partial charge in [-0.3, -0.25) is 14.3 Å². The highest BCUT2D eigenvalue weighted by Crippen LogP contribution is 2.48. The van der Waals surface area contributed by atoms with Crippen LogP contribution in [0.1, 0.15) is 54.9 Å². The number of hydrogen-bond acceptors (Lipinski definition) is 4. The minimum Gasteiger partial charge on any atom is -0.465 e. The molecule has 0 atom stereocenters. The normalized spacial score (nSPS) is 15.0. The van der Waals surface area contributed by atoms with Gasteiger partial charge in [-0.2, -0.15) is 13.2 Å². The Morgan fingerprint density at radius 1 is 0.976 bits per heavy atom. The van der Waals surface area contributed by atoms with Crippen molar-refractivity contribution >= 4 is 40.2 Å². The number of aromatic nitrogens is 2. The second-order valence-electron chi connectivity index (χ2n) is 10.2. The van der Waals surface area contributed by atoms with Gasteiger partial charge in [-0.15, -0.1) is 0 Å². The molecule has 1 saturated carbocycles. The number of methoxy groups -OCH3 is 1. The van der Waals surface area contributed by atoms with Gasteiger partial charge in [-0.1, -0.05) is 18.0 Å². The summed E-state index contributed by atoms with van der Waals surface area (Å²) < 4.78 is 79.0. The Morgan fingerprint density at radius 3 is 2.21 bits per heavy atom. The van der Waals surface area contributed by atoms with Crippen LogP contribution in [0.2, 0.25) is 5.02 Å². The molecule has 0 unspecified atom stereocenters. The fourth-order valence-electron chi connectivity index (χ4n) is 5.84. The van der Waals surface area contributed by atoms with Crippen LogP contribution in [-0.4, -0.2) is 28.5 Å². The van der Waals surface area contributed by atoms with Crippen LogP contribution < -0.4 is 4.90 Å². The Bertz CT molecular complexity index is 1680. The van der Waals surface area contributed by atoms with E-state index in [2.05, 4.69) is 9.72 Å². The van der Waals surface area contributed by atoms with Crippen LogP contribution in [0.4, 0.5) is 27.6 Å². The molecule has 12 heteroatoms. The predicted molar refractivity (Wildman–Crippen MR) is 147 cm³/mol. The van der Waals surface area contributed by atoms with E-state index in [1.807, 2.05) is 0 Å². The number of halogens is 6. The summed E-state index contributed by atoms with van der Waals surface area (Å²) in [5.74, 6) is -3.82. The van der Waals surface area contributed by atoms with Gasteiger partial charge in [-0.05, 0) is 68.1 Å². The molecule has 42 heavy (non-hydrogen) atoms. The third-order valence-electron chi connectivity index (χ3n) is 7.56. The third-order valence-corrected chi connectivity index (χ3v) is 7.82. The lowest BCUT2D eigenvalue weighted by Gasteiger charge is -2.48. The molecule has 1 aliphatic rings. The zero-order chi connectivity index (χ0) is 30.4. The Balaban J connectivity index is 1.87. The number of nitrogens with zero attached hydrogens (tertiary/aromatic N) is 3. The molecule has 0 saturated heterocycles. The van der Waals surface area contributed by atoms with Gasteiger partial charge in [-0.25, -0.2) is 18.6 Å². The molecule has 6 nitrogen and oxygen atoms in total. The number of benzene rings is 3. The molecule has 5 rings (SSSR count). The van der Waals surface area contributed by atoms with E-state index in [4.69, 9.17) is 11.6 Å². The first-order chi connectivity index (χ1) is 19.9. The van der Waals surface area contributed by atoms with Crippen molar-refractivity contribution in [1.82, 2.24) is 9.55 Å². The van der Waals surface area contributed by atoms with Crippen LogP contribution in [0, 0.1) is 11.6 Å². The lowest BCUT2D eigenvalue weighted by Crippen LogP contribution is -2.55. The van der Waals surface area contributed by atoms with Crippen molar-refractivity contribution in [3.63, 3.8) is 0 Å². The van der Waals surface area contributed by atoms with Gasteiger partial charge in [0.05, 0.1) is 35.0 Å². The molecule has 1 amide bonds.